The van der Waals surface area contributed by atoms with Crippen LogP contribution in [0.3, 0.4) is 0 Å². The number of hydrogen-bond acceptors (Lipinski definition) is 6. The summed E-state index contributed by atoms with van der Waals surface area (Å²) in [6.07, 6.45) is 2.16. The van der Waals surface area contributed by atoms with Crippen LogP contribution < -0.4 is 21.3 Å². The number of benzene rings is 1. The van der Waals surface area contributed by atoms with Gasteiger partial charge in [0.05, 0.1) is 0 Å². The van der Waals surface area contributed by atoms with Gasteiger partial charge in [0.25, 0.3) is 11.8 Å². The molecule has 4 N–H and O–H groups in total. The van der Waals surface area contributed by atoms with E-state index in [0.717, 1.165) is 22.6 Å². The highest BCUT2D eigenvalue weighted by Crippen LogP contribution is 2.10. The number of amides is 5. The number of hydrogen-bond donors (Lipinski definition) is 4. The molecule has 0 radical (unpaired) electrons. The van der Waals surface area contributed by atoms with E-state index in [1.165, 1.54) is 0 Å². The van der Waals surface area contributed by atoms with Crippen molar-refractivity contribution in [2.75, 3.05) is 18.9 Å². The number of rotatable bonds is 11. The summed E-state index contributed by atoms with van der Waals surface area (Å²) in [5, 5.41) is 11.0. The summed E-state index contributed by atoms with van der Waals surface area (Å²) in [4.78, 5) is 61.7. The second kappa shape index (κ2) is 11.9. The Kier molecular flexibility index (Phi) is 9.29. The molecule has 33 heavy (non-hydrogen) atoms. The van der Waals surface area contributed by atoms with Gasteiger partial charge >= 0.3 is 0 Å². The fourth-order valence-corrected chi connectivity index (χ4v) is 3.17. The predicted molar refractivity (Wildman–Crippen MR) is 123 cm³/mol. The van der Waals surface area contributed by atoms with Crippen molar-refractivity contribution in [3.63, 3.8) is 0 Å². The highest BCUT2D eigenvalue weighted by Gasteiger charge is 2.28. The van der Waals surface area contributed by atoms with E-state index in [1.807, 2.05) is 19.2 Å². The van der Waals surface area contributed by atoms with Gasteiger partial charge in [0, 0.05) is 37.3 Å². The van der Waals surface area contributed by atoms with E-state index < -0.39 is 41.6 Å². The van der Waals surface area contributed by atoms with E-state index in [2.05, 4.69) is 21.3 Å². The van der Waals surface area contributed by atoms with E-state index in [1.54, 1.807) is 32.9 Å². The largest absolute Gasteiger partial charge is 0.344 e. The SMILES string of the molecule is CNCc1ccc(NC(=O)C(C)NC(=O)C(NC(=O)CCN2C(=O)C=CC2=O)C(C)C)cc1. The fraction of sp³-hybridized carbons (Fsp3) is 0.435. The average molecular weight is 458 g/mol. The minimum Gasteiger partial charge on any atom is -0.344 e. The van der Waals surface area contributed by atoms with Gasteiger partial charge in [-0.2, -0.15) is 0 Å². The van der Waals surface area contributed by atoms with Gasteiger partial charge in [0.2, 0.25) is 17.7 Å². The van der Waals surface area contributed by atoms with Crippen molar-refractivity contribution < 1.29 is 24.0 Å². The summed E-state index contributed by atoms with van der Waals surface area (Å²) in [5.74, 6) is -2.56. The van der Waals surface area contributed by atoms with Crippen LogP contribution >= 0.6 is 0 Å². The summed E-state index contributed by atoms with van der Waals surface area (Å²) < 4.78 is 0. The molecule has 1 aromatic carbocycles. The summed E-state index contributed by atoms with van der Waals surface area (Å²) >= 11 is 0. The molecule has 2 atom stereocenters. The Morgan fingerprint density at radius 1 is 0.909 bits per heavy atom. The van der Waals surface area contributed by atoms with E-state index in [4.69, 9.17) is 0 Å². The fourth-order valence-electron chi connectivity index (χ4n) is 3.17. The highest BCUT2D eigenvalue weighted by atomic mass is 16.2. The maximum Gasteiger partial charge on any atom is 0.253 e. The third-order valence-electron chi connectivity index (χ3n) is 5.08. The van der Waals surface area contributed by atoms with Gasteiger partial charge in [-0.05, 0) is 37.6 Å². The summed E-state index contributed by atoms with van der Waals surface area (Å²) in [6, 6.07) is 5.62. The second-order valence-corrected chi connectivity index (χ2v) is 8.15. The van der Waals surface area contributed by atoms with Crippen molar-refractivity contribution >= 4 is 35.2 Å². The van der Waals surface area contributed by atoms with Crippen LogP contribution in [0.25, 0.3) is 0 Å². The number of carbonyl (C=O) groups is 5. The van der Waals surface area contributed by atoms with Crippen LogP contribution in [-0.2, 0) is 30.5 Å². The number of nitrogens with one attached hydrogen (secondary N) is 4. The van der Waals surface area contributed by atoms with Crippen molar-refractivity contribution in [1.82, 2.24) is 20.9 Å². The van der Waals surface area contributed by atoms with Gasteiger partial charge in [0.1, 0.15) is 12.1 Å². The molecule has 10 heteroatoms. The number of carbonyl (C=O) groups excluding carboxylic acids is 5. The van der Waals surface area contributed by atoms with E-state index in [-0.39, 0.29) is 18.9 Å². The quantitative estimate of drug-likeness (QED) is 0.353. The smallest absolute Gasteiger partial charge is 0.253 e. The molecular weight excluding hydrogens is 426 g/mol. The van der Waals surface area contributed by atoms with Crippen LogP contribution in [0.1, 0.15) is 32.8 Å². The summed E-state index contributed by atoms with van der Waals surface area (Å²) in [7, 11) is 1.85. The Morgan fingerprint density at radius 2 is 1.52 bits per heavy atom. The van der Waals surface area contributed by atoms with Gasteiger partial charge in [-0.25, -0.2) is 0 Å². The lowest BCUT2D eigenvalue weighted by Crippen LogP contribution is -2.54. The summed E-state index contributed by atoms with van der Waals surface area (Å²) in [6.45, 7) is 5.72. The van der Waals surface area contributed by atoms with Crippen LogP contribution in [-0.4, -0.2) is 60.1 Å². The molecule has 0 fully saturated rings. The normalized spacial score (nSPS) is 14.9. The van der Waals surface area contributed by atoms with Crippen LogP contribution in [0.15, 0.2) is 36.4 Å². The first kappa shape index (κ1) is 25.7. The monoisotopic (exact) mass is 457 g/mol. The predicted octanol–water partition coefficient (Wildman–Crippen LogP) is 0.305. The Balaban J connectivity index is 1.87. The van der Waals surface area contributed by atoms with Crippen molar-refractivity contribution in [2.24, 2.45) is 5.92 Å². The molecule has 2 rings (SSSR count). The van der Waals surface area contributed by atoms with Gasteiger partial charge in [-0.15, -0.1) is 0 Å². The number of anilines is 1. The molecule has 2 unspecified atom stereocenters. The van der Waals surface area contributed by atoms with E-state index in [9.17, 15) is 24.0 Å². The maximum atomic E-state index is 12.7. The standard InChI is InChI=1S/C23H31N5O5/c1-14(2)21(27-18(29)11-12-28-19(30)9-10-20(28)31)23(33)25-15(3)22(32)26-17-7-5-16(6-8-17)13-24-4/h5-10,14-15,21,24H,11-13H2,1-4H3,(H,25,33)(H,26,32)(H,27,29). The summed E-state index contributed by atoms with van der Waals surface area (Å²) in [5.41, 5.74) is 1.68. The lowest BCUT2D eigenvalue weighted by Gasteiger charge is -2.24. The molecule has 0 aliphatic carbocycles. The second-order valence-electron chi connectivity index (χ2n) is 8.15. The molecule has 0 aromatic heterocycles. The third kappa shape index (κ3) is 7.53. The Morgan fingerprint density at radius 3 is 2.06 bits per heavy atom. The third-order valence-corrected chi connectivity index (χ3v) is 5.08. The molecule has 178 valence electrons. The van der Waals surface area contributed by atoms with Gasteiger partial charge in [-0.1, -0.05) is 26.0 Å². The Hall–Kier alpha value is -3.53. The number of nitrogens with zero attached hydrogens (tertiary/aromatic N) is 1. The van der Waals surface area contributed by atoms with E-state index in [0.29, 0.717) is 12.2 Å². The molecule has 1 aromatic rings. The minimum absolute atomic E-state index is 0.0746. The molecular formula is C23H31N5O5. The zero-order valence-corrected chi connectivity index (χ0v) is 19.3. The van der Waals surface area contributed by atoms with Crippen LogP contribution in [0.4, 0.5) is 5.69 Å². The lowest BCUT2D eigenvalue weighted by atomic mass is 10.0. The first-order chi connectivity index (χ1) is 15.6. The van der Waals surface area contributed by atoms with Crippen molar-refractivity contribution in [2.45, 2.75) is 45.8 Å². The lowest BCUT2D eigenvalue weighted by molar-refractivity contribution is -0.137. The zero-order valence-electron chi connectivity index (χ0n) is 19.3. The number of imide groups is 1. The molecule has 1 aliphatic rings. The van der Waals surface area contributed by atoms with Gasteiger partial charge in [0.15, 0.2) is 0 Å². The van der Waals surface area contributed by atoms with Gasteiger partial charge in [-0.3, -0.25) is 28.9 Å². The van der Waals surface area contributed by atoms with E-state index >= 15 is 0 Å². The first-order valence-electron chi connectivity index (χ1n) is 10.8. The van der Waals surface area contributed by atoms with Crippen molar-refractivity contribution in [1.29, 1.82) is 0 Å². The molecule has 1 aliphatic heterocycles. The van der Waals surface area contributed by atoms with Crippen LogP contribution in [0.2, 0.25) is 0 Å². The molecule has 0 saturated carbocycles. The topological polar surface area (TPSA) is 137 Å². The highest BCUT2D eigenvalue weighted by molar-refractivity contribution is 6.13. The van der Waals surface area contributed by atoms with Crippen molar-refractivity contribution in [3.8, 4) is 0 Å². The molecule has 0 spiro atoms. The molecule has 10 nitrogen and oxygen atoms in total. The van der Waals surface area contributed by atoms with Gasteiger partial charge < -0.3 is 21.3 Å². The molecule has 0 saturated heterocycles. The maximum absolute atomic E-state index is 12.7. The van der Waals surface area contributed by atoms with Crippen LogP contribution in [0.5, 0.6) is 0 Å². The first-order valence-corrected chi connectivity index (χ1v) is 10.8. The Bertz CT molecular complexity index is 908. The average Bonchev–Trinajstić information content (AvgIpc) is 3.08. The molecule has 0 bridgehead atoms. The minimum atomic E-state index is -0.878. The molecule has 5 amide bonds. The van der Waals surface area contributed by atoms with Crippen molar-refractivity contribution in [3.05, 3.63) is 42.0 Å². The Labute approximate surface area is 193 Å². The van der Waals surface area contributed by atoms with Crippen LogP contribution in [0, 0.1) is 5.92 Å². The zero-order chi connectivity index (χ0) is 24.5. The molecule has 1 heterocycles.